The lowest BCUT2D eigenvalue weighted by atomic mass is 10.1. The van der Waals surface area contributed by atoms with Crippen molar-refractivity contribution in [1.29, 1.82) is 0 Å². The summed E-state index contributed by atoms with van der Waals surface area (Å²) in [6.45, 7) is 4.55. The minimum Gasteiger partial charge on any atom is -0.508 e. The number of rotatable bonds is 9. The topological polar surface area (TPSA) is 101 Å². The lowest BCUT2D eigenvalue weighted by molar-refractivity contribution is -0.119. The number of thioether (sulfide) groups is 1. The van der Waals surface area contributed by atoms with E-state index in [0.29, 0.717) is 11.7 Å². The van der Waals surface area contributed by atoms with Crippen LogP contribution in [0.5, 0.6) is 11.5 Å². The number of carbonyl (C=O) groups is 1. The second kappa shape index (κ2) is 10.5. The van der Waals surface area contributed by atoms with E-state index in [-0.39, 0.29) is 17.4 Å². The first kappa shape index (κ1) is 22.2. The highest BCUT2D eigenvalue weighted by Crippen LogP contribution is 2.25. The van der Waals surface area contributed by atoms with Crippen LogP contribution in [0.15, 0.2) is 59.8 Å². The average molecular weight is 440 g/mol. The average Bonchev–Trinajstić information content (AvgIpc) is 3.22. The molecule has 0 atom stereocenters. The molecule has 0 saturated carbocycles. The number of hydrazine groups is 1. The molecule has 0 bridgehead atoms. The van der Waals surface area contributed by atoms with Crippen LogP contribution in [0, 0.1) is 0 Å². The van der Waals surface area contributed by atoms with Crippen LogP contribution in [-0.4, -0.2) is 38.6 Å². The second-order valence-corrected chi connectivity index (χ2v) is 7.43. The molecule has 0 aliphatic rings. The summed E-state index contributed by atoms with van der Waals surface area (Å²) >= 11 is 1.32. The molecule has 0 fully saturated rings. The Hall–Kier alpha value is -3.46. The Bertz CT molecular complexity index is 1050. The molecule has 0 radical (unpaired) electrons. The number of phenolic OH excluding ortho intramolecular Hbond substituents is 1. The van der Waals surface area contributed by atoms with Gasteiger partial charge in [-0.1, -0.05) is 17.8 Å². The Kier molecular flexibility index (Phi) is 7.55. The van der Waals surface area contributed by atoms with E-state index in [1.54, 1.807) is 31.4 Å². The fraction of sp³-hybridized carbons (Fsp3) is 0.227. The summed E-state index contributed by atoms with van der Waals surface area (Å²) in [6.07, 6.45) is 1.84. The molecular formula is C22H25N5O3S. The summed E-state index contributed by atoms with van der Waals surface area (Å²) in [7, 11) is 1.63. The number of methoxy groups -OCH3 is 1. The number of benzene rings is 2. The number of aromatic nitrogens is 3. The van der Waals surface area contributed by atoms with Crippen LogP contribution in [0.3, 0.4) is 0 Å². The Morgan fingerprint density at radius 1 is 1.13 bits per heavy atom. The quantitative estimate of drug-likeness (QED) is 0.347. The fourth-order valence-electron chi connectivity index (χ4n) is 2.89. The van der Waals surface area contributed by atoms with E-state index < -0.39 is 0 Å². The van der Waals surface area contributed by atoms with Gasteiger partial charge in [0.2, 0.25) is 5.91 Å². The van der Waals surface area contributed by atoms with Crippen LogP contribution in [0.1, 0.15) is 19.4 Å². The molecule has 9 heteroatoms. The number of aromatic hydroxyl groups is 1. The molecule has 2 aromatic carbocycles. The minimum atomic E-state index is -0.195. The number of hydrogen-bond acceptors (Lipinski definition) is 7. The zero-order valence-electron chi connectivity index (χ0n) is 17.6. The number of ether oxygens (including phenoxy) is 1. The molecule has 1 amide bonds. The fourth-order valence-corrected chi connectivity index (χ4v) is 3.69. The van der Waals surface area contributed by atoms with E-state index in [9.17, 15) is 9.90 Å². The van der Waals surface area contributed by atoms with E-state index in [1.807, 2.05) is 48.8 Å². The second-order valence-electron chi connectivity index (χ2n) is 6.49. The number of allylic oxidation sites excluding steroid dienone is 1. The zero-order valence-corrected chi connectivity index (χ0v) is 18.4. The smallest absolute Gasteiger partial charge is 0.248 e. The van der Waals surface area contributed by atoms with Crippen molar-refractivity contribution in [3.8, 4) is 22.9 Å². The lowest BCUT2D eigenvalue weighted by Gasteiger charge is -2.12. The van der Waals surface area contributed by atoms with Crippen molar-refractivity contribution in [3.63, 3.8) is 0 Å². The molecule has 1 heterocycles. The van der Waals surface area contributed by atoms with Crippen molar-refractivity contribution in [1.82, 2.24) is 25.6 Å². The van der Waals surface area contributed by atoms with Crippen LogP contribution in [0.2, 0.25) is 0 Å². The van der Waals surface area contributed by atoms with Gasteiger partial charge in [-0.05, 0) is 67.9 Å². The first-order valence-electron chi connectivity index (χ1n) is 9.76. The van der Waals surface area contributed by atoms with E-state index in [1.165, 1.54) is 11.8 Å². The van der Waals surface area contributed by atoms with Gasteiger partial charge in [-0.3, -0.25) is 15.6 Å². The SMILES string of the molecule is C/C=C(/NNC(=O)CSc1nnc(-c2ccc(OC)cc2)n1CC)c1ccc(O)cc1. The lowest BCUT2D eigenvalue weighted by Crippen LogP contribution is -2.37. The van der Waals surface area contributed by atoms with E-state index in [0.717, 1.165) is 28.4 Å². The standard InChI is InChI=1S/C22H25N5O3S/c1-4-19(15-6-10-17(28)11-7-15)23-24-20(29)14-31-22-26-25-21(27(22)5-2)16-8-12-18(30-3)13-9-16/h4,6-13,23,28H,5,14H2,1-3H3,(H,24,29)/b19-4+. The molecule has 8 nitrogen and oxygen atoms in total. The zero-order chi connectivity index (χ0) is 22.2. The van der Waals surface area contributed by atoms with Crippen LogP contribution < -0.4 is 15.6 Å². The van der Waals surface area contributed by atoms with Crippen molar-refractivity contribution in [2.75, 3.05) is 12.9 Å². The number of carbonyl (C=O) groups excluding carboxylic acids is 1. The van der Waals surface area contributed by atoms with Crippen LogP contribution in [-0.2, 0) is 11.3 Å². The maximum absolute atomic E-state index is 12.3. The van der Waals surface area contributed by atoms with Gasteiger partial charge in [0.05, 0.1) is 18.6 Å². The highest BCUT2D eigenvalue weighted by atomic mass is 32.2. The molecule has 3 N–H and O–H groups in total. The molecular weight excluding hydrogens is 414 g/mol. The van der Waals surface area contributed by atoms with Crippen molar-refractivity contribution in [2.45, 2.75) is 25.5 Å². The van der Waals surface area contributed by atoms with Crippen molar-refractivity contribution in [3.05, 3.63) is 60.2 Å². The highest BCUT2D eigenvalue weighted by molar-refractivity contribution is 7.99. The summed E-state index contributed by atoms with van der Waals surface area (Å²) in [6, 6.07) is 14.3. The summed E-state index contributed by atoms with van der Waals surface area (Å²) in [5.74, 6) is 1.70. The molecule has 3 aromatic rings. The minimum absolute atomic E-state index is 0.181. The van der Waals surface area contributed by atoms with Crippen LogP contribution in [0.4, 0.5) is 0 Å². The third kappa shape index (κ3) is 5.58. The van der Waals surface area contributed by atoms with E-state index in [2.05, 4.69) is 21.0 Å². The molecule has 1 aromatic heterocycles. The molecule has 0 spiro atoms. The van der Waals surface area contributed by atoms with Gasteiger partial charge >= 0.3 is 0 Å². The summed E-state index contributed by atoms with van der Waals surface area (Å²) in [5, 5.41) is 18.6. The number of phenols is 1. The van der Waals surface area contributed by atoms with Gasteiger partial charge in [0.15, 0.2) is 11.0 Å². The molecule has 0 unspecified atom stereocenters. The Morgan fingerprint density at radius 2 is 1.84 bits per heavy atom. The Balaban J connectivity index is 1.59. The third-order valence-corrected chi connectivity index (χ3v) is 5.48. The number of hydrogen-bond donors (Lipinski definition) is 3. The van der Waals surface area contributed by atoms with Crippen molar-refractivity contribution < 1.29 is 14.6 Å². The van der Waals surface area contributed by atoms with Crippen molar-refractivity contribution >= 4 is 23.4 Å². The molecule has 3 rings (SSSR count). The van der Waals surface area contributed by atoms with Gasteiger partial charge in [0, 0.05) is 12.1 Å². The van der Waals surface area contributed by atoms with Crippen LogP contribution in [0.25, 0.3) is 17.1 Å². The normalized spacial score (nSPS) is 11.3. The number of amides is 1. The monoisotopic (exact) mass is 439 g/mol. The van der Waals surface area contributed by atoms with Gasteiger partial charge in [0.1, 0.15) is 11.5 Å². The predicted molar refractivity (Wildman–Crippen MR) is 121 cm³/mol. The van der Waals surface area contributed by atoms with E-state index in [4.69, 9.17) is 4.74 Å². The molecule has 0 aliphatic heterocycles. The predicted octanol–water partition coefficient (Wildman–Crippen LogP) is 3.45. The molecule has 0 saturated heterocycles. The largest absolute Gasteiger partial charge is 0.508 e. The maximum atomic E-state index is 12.3. The molecule has 162 valence electrons. The maximum Gasteiger partial charge on any atom is 0.248 e. The summed E-state index contributed by atoms with van der Waals surface area (Å²) in [5.41, 5.74) is 8.13. The van der Waals surface area contributed by atoms with Gasteiger partial charge in [-0.2, -0.15) is 0 Å². The van der Waals surface area contributed by atoms with Gasteiger partial charge in [0.25, 0.3) is 0 Å². The Labute approximate surface area is 185 Å². The van der Waals surface area contributed by atoms with Gasteiger partial charge in [-0.15, -0.1) is 10.2 Å². The highest BCUT2D eigenvalue weighted by Gasteiger charge is 2.15. The third-order valence-electron chi connectivity index (χ3n) is 4.52. The van der Waals surface area contributed by atoms with Gasteiger partial charge in [-0.25, -0.2) is 0 Å². The van der Waals surface area contributed by atoms with Crippen molar-refractivity contribution in [2.24, 2.45) is 0 Å². The Morgan fingerprint density at radius 3 is 2.45 bits per heavy atom. The molecule has 0 aliphatic carbocycles. The number of nitrogens with zero attached hydrogens (tertiary/aromatic N) is 3. The number of nitrogens with one attached hydrogen (secondary N) is 2. The first-order valence-corrected chi connectivity index (χ1v) is 10.7. The summed E-state index contributed by atoms with van der Waals surface area (Å²) < 4.78 is 7.17. The van der Waals surface area contributed by atoms with Crippen LogP contribution >= 0.6 is 11.8 Å². The molecule has 31 heavy (non-hydrogen) atoms. The van der Waals surface area contributed by atoms with E-state index >= 15 is 0 Å². The van der Waals surface area contributed by atoms with Gasteiger partial charge < -0.3 is 14.4 Å². The summed E-state index contributed by atoms with van der Waals surface area (Å²) in [4.78, 5) is 12.3. The first-order chi connectivity index (χ1) is 15.0.